The van der Waals surface area contributed by atoms with Crippen molar-refractivity contribution in [3.8, 4) is 0 Å². The molecule has 0 radical (unpaired) electrons. The molecule has 0 fully saturated rings. The maximum Gasteiger partial charge on any atom is 0.276 e. The quantitative estimate of drug-likeness (QED) is 0.726. The summed E-state index contributed by atoms with van der Waals surface area (Å²) in [5.74, 6) is -0.206. The fourth-order valence-electron chi connectivity index (χ4n) is 1.54. The number of hydrogen-bond acceptors (Lipinski definition) is 5. The minimum absolute atomic E-state index is 0.206. The van der Waals surface area contributed by atoms with Crippen LogP contribution in [0.5, 0.6) is 0 Å². The largest absolute Gasteiger partial charge is 0.396 e. The topological polar surface area (TPSA) is 82.6 Å². The van der Waals surface area contributed by atoms with Gasteiger partial charge in [0.25, 0.3) is 5.91 Å². The van der Waals surface area contributed by atoms with Gasteiger partial charge >= 0.3 is 0 Å². The number of nitrogens with two attached hydrogens (primary N) is 1. The molecular formula is C11H20N4O3. The highest BCUT2D eigenvalue weighted by molar-refractivity contribution is 5.97. The van der Waals surface area contributed by atoms with Crippen molar-refractivity contribution >= 4 is 11.6 Å². The van der Waals surface area contributed by atoms with Crippen molar-refractivity contribution < 1.29 is 14.3 Å². The third kappa shape index (κ3) is 3.71. The van der Waals surface area contributed by atoms with E-state index in [1.165, 1.54) is 4.68 Å². The number of aryl methyl sites for hydroxylation is 1. The Hall–Kier alpha value is -1.60. The van der Waals surface area contributed by atoms with E-state index in [0.29, 0.717) is 32.0 Å². The van der Waals surface area contributed by atoms with E-state index < -0.39 is 0 Å². The predicted molar refractivity (Wildman–Crippen MR) is 67.3 cm³/mol. The Kier molecular flexibility index (Phi) is 5.60. The van der Waals surface area contributed by atoms with Gasteiger partial charge in [0.2, 0.25) is 0 Å². The summed E-state index contributed by atoms with van der Waals surface area (Å²) < 4.78 is 11.5. The van der Waals surface area contributed by atoms with Crippen LogP contribution in [0, 0.1) is 0 Å². The van der Waals surface area contributed by atoms with Gasteiger partial charge in [0.15, 0.2) is 5.69 Å². The SMILES string of the molecule is COCCN(CCOC)C(=O)c1nn(C)cc1N. The molecule has 1 aromatic heterocycles. The van der Waals surface area contributed by atoms with Crippen LogP contribution >= 0.6 is 0 Å². The van der Waals surface area contributed by atoms with Gasteiger partial charge in [-0.15, -0.1) is 0 Å². The number of amides is 1. The number of hydrogen-bond donors (Lipinski definition) is 1. The summed E-state index contributed by atoms with van der Waals surface area (Å²) >= 11 is 0. The van der Waals surface area contributed by atoms with E-state index in [9.17, 15) is 4.79 Å². The first-order valence-electron chi connectivity index (χ1n) is 5.66. The first-order chi connectivity index (χ1) is 8.60. The van der Waals surface area contributed by atoms with E-state index in [2.05, 4.69) is 5.10 Å². The number of aromatic nitrogens is 2. The van der Waals surface area contributed by atoms with Gasteiger partial charge < -0.3 is 20.1 Å². The zero-order valence-electron chi connectivity index (χ0n) is 11.0. The average Bonchev–Trinajstić information content (AvgIpc) is 2.68. The third-order valence-corrected chi connectivity index (χ3v) is 2.48. The van der Waals surface area contributed by atoms with Crippen LogP contribution < -0.4 is 5.73 Å². The molecule has 18 heavy (non-hydrogen) atoms. The van der Waals surface area contributed by atoms with Crippen LogP contribution in [-0.2, 0) is 16.5 Å². The van der Waals surface area contributed by atoms with Crippen LogP contribution in [0.1, 0.15) is 10.5 Å². The minimum Gasteiger partial charge on any atom is -0.396 e. The van der Waals surface area contributed by atoms with Gasteiger partial charge in [0, 0.05) is 40.6 Å². The van der Waals surface area contributed by atoms with Crippen molar-refractivity contribution in [3.05, 3.63) is 11.9 Å². The van der Waals surface area contributed by atoms with Crippen molar-refractivity contribution in [2.75, 3.05) is 46.3 Å². The highest BCUT2D eigenvalue weighted by Gasteiger charge is 2.20. The molecule has 7 nitrogen and oxygen atoms in total. The second kappa shape index (κ2) is 6.97. The van der Waals surface area contributed by atoms with Crippen LogP contribution in [0.4, 0.5) is 5.69 Å². The second-order valence-electron chi connectivity index (χ2n) is 3.88. The number of anilines is 1. The van der Waals surface area contributed by atoms with Gasteiger partial charge in [0.1, 0.15) is 0 Å². The van der Waals surface area contributed by atoms with Crippen molar-refractivity contribution in [2.45, 2.75) is 0 Å². The van der Waals surface area contributed by atoms with Gasteiger partial charge in [-0.1, -0.05) is 0 Å². The smallest absolute Gasteiger partial charge is 0.276 e. The molecule has 0 aliphatic carbocycles. The summed E-state index contributed by atoms with van der Waals surface area (Å²) in [6, 6.07) is 0. The molecule has 0 saturated heterocycles. The standard InChI is InChI=1S/C11H20N4O3/c1-14-8-9(12)10(13-14)11(16)15(4-6-17-2)5-7-18-3/h8H,4-7,12H2,1-3H3. The molecule has 1 heterocycles. The van der Waals surface area contributed by atoms with Gasteiger partial charge in [-0.3, -0.25) is 9.48 Å². The van der Waals surface area contributed by atoms with Crippen molar-refractivity contribution in [1.82, 2.24) is 14.7 Å². The summed E-state index contributed by atoms with van der Waals surface area (Å²) in [5.41, 5.74) is 6.39. The highest BCUT2D eigenvalue weighted by atomic mass is 16.5. The average molecular weight is 256 g/mol. The van der Waals surface area contributed by atoms with E-state index in [0.717, 1.165) is 0 Å². The van der Waals surface area contributed by atoms with Gasteiger partial charge in [-0.05, 0) is 0 Å². The number of methoxy groups -OCH3 is 2. The van der Waals surface area contributed by atoms with Crippen LogP contribution in [0.2, 0.25) is 0 Å². The zero-order chi connectivity index (χ0) is 13.5. The Balaban J connectivity index is 2.77. The van der Waals surface area contributed by atoms with E-state index in [1.807, 2.05) is 0 Å². The minimum atomic E-state index is -0.206. The summed E-state index contributed by atoms with van der Waals surface area (Å²) in [6.45, 7) is 1.88. The number of rotatable bonds is 7. The van der Waals surface area contributed by atoms with Gasteiger partial charge in [-0.25, -0.2) is 0 Å². The molecule has 7 heteroatoms. The van der Waals surface area contributed by atoms with Gasteiger partial charge in [0.05, 0.1) is 18.9 Å². The summed E-state index contributed by atoms with van der Waals surface area (Å²) in [6.07, 6.45) is 1.61. The second-order valence-corrected chi connectivity index (χ2v) is 3.88. The van der Waals surface area contributed by atoms with E-state index in [-0.39, 0.29) is 11.6 Å². The Morgan fingerprint density at radius 2 is 1.94 bits per heavy atom. The van der Waals surface area contributed by atoms with Crippen LogP contribution in [0.3, 0.4) is 0 Å². The predicted octanol–water partition coefficient (Wildman–Crippen LogP) is -0.263. The molecule has 0 aromatic carbocycles. The molecule has 102 valence electrons. The van der Waals surface area contributed by atoms with Gasteiger partial charge in [-0.2, -0.15) is 5.10 Å². The third-order valence-electron chi connectivity index (χ3n) is 2.48. The maximum atomic E-state index is 12.2. The molecule has 1 aromatic rings. The molecule has 0 bridgehead atoms. The van der Waals surface area contributed by atoms with E-state index in [1.54, 1.807) is 32.4 Å². The zero-order valence-corrected chi connectivity index (χ0v) is 11.0. The number of nitrogens with zero attached hydrogens (tertiary/aromatic N) is 3. The Morgan fingerprint density at radius 1 is 1.39 bits per heavy atom. The lowest BCUT2D eigenvalue weighted by Crippen LogP contribution is -2.37. The van der Waals surface area contributed by atoms with Crippen LogP contribution in [0.15, 0.2) is 6.20 Å². The van der Waals surface area contributed by atoms with E-state index in [4.69, 9.17) is 15.2 Å². The normalized spacial score (nSPS) is 10.6. The molecule has 1 amide bonds. The number of nitrogen functional groups attached to an aromatic ring is 1. The van der Waals surface area contributed by atoms with E-state index >= 15 is 0 Å². The highest BCUT2D eigenvalue weighted by Crippen LogP contribution is 2.11. The lowest BCUT2D eigenvalue weighted by atomic mass is 10.3. The summed E-state index contributed by atoms with van der Waals surface area (Å²) in [4.78, 5) is 13.9. The molecule has 0 aliphatic rings. The molecule has 0 aliphatic heterocycles. The number of ether oxygens (including phenoxy) is 2. The molecular weight excluding hydrogens is 236 g/mol. The van der Waals surface area contributed by atoms with Crippen LogP contribution in [-0.4, -0.2) is 61.1 Å². The van der Waals surface area contributed by atoms with Crippen molar-refractivity contribution in [3.63, 3.8) is 0 Å². The Morgan fingerprint density at radius 3 is 2.33 bits per heavy atom. The van der Waals surface area contributed by atoms with Crippen LogP contribution in [0.25, 0.3) is 0 Å². The summed E-state index contributed by atoms with van der Waals surface area (Å²) in [7, 11) is 4.91. The fourth-order valence-corrected chi connectivity index (χ4v) is 1.54. The molecule has 0 spiro atoms. The monoisotopic (exact) mass is 256 g/mol. The molecule has 1 rings (SSSR count). The number of carbonyl (C=O) groups is 1. The lowest BCUT2D eigenvalue weighted by molar-refractivity contribution is 0.0622. The Bertz CT molecular complexity index is 384. The molecule has 0 unspecified atom stereocenters. The summed E-state index contributed by atoms with van der Waals surface area (Å²) in [5, 5.41) is 4.07. The lowest BCUT2D eigenvalue weighted by Gasteiger charge is -2.21. The maximum absolute atomic E-state index is 12.2. The first-order valence-corrected chi connectivity index (χ1v) is 5.66. The first kappa shape index (κ1) is 14.5. The molecule has 0 saturated carbocycles. The molecule has 2 N–H and O–H groups in total. The Labute approximate surface area is 106 Å². The van der Waals surface area contributed by atoms with Crippen molar-refractivity contribution in [1.29, 1.82) is 0 Å². The van der Waals surface area contributed by atoms with Crippen molar-refractivity contribution in [2.24, 2.45) is 7.05 Å². The number of carbonyl (C=O) groups excluding carboxylic acids is 1. The molecule has 0 atom stereocenters. The fraction of sp³-hybridized carbons (Fsp3) is 0.636.